The summed E-state index contributed by atoms with van der Waals surface area (Å²) < 4.78 is 0. The Balaban J connectivity index is 2.10. The van der Waals surface area contributed by atoms with Crippen molar-refractivity contribution in [2.24, 2.45) is 5.92 Å². The summed E-state index contributed by atoms with van der Waals surface area (Å²) in [4.78, 5) is 10.9. The molecule has 0 unspecified atom stereocenters. The number of hydrogen-bond donors (Lipinski definition) is 3. The van der Waals surface area contributed by atoms with Crippen LogP contribution in [0.4, 0.5) is 11.4 Å². The third-order valence-electron chi connectivity index (χ3n) is 3.03. The van der Waals surface area contributed by atoms with Gasteiger partial charge >= 0.3 is 5.97 Å². The van der Waals surface area contributed by atoms with E-state index < -0.39 is 5.97 Å². The zero-order valence-electron chi connectivity index (χ0n) is 9.23. The van der Waals surface area contributed by atoms with Gasteiger partial charge in [0, 0.05) is 17.4 Å². The summed E-state index contributed by atoms with van der Waals surface area (Å²) in [6.45, 7) is 2.21. The van der Waals surface area contributed by atoms with Crippen molar-refractivity contribution in [1.29, 1.82) is 0 Å². The second kappa shape index (κ2) is 4.04. The molecule has 0 atom stereocenters. The maximum atomic E-state index is 10.9. The van der Waals surface area contributed by atoms with Crippen molar-refractivity contribution in [2.75, 3.05) is 11.1 Å². The van der Waals surface area contributed by atoms with Gasteiger partial charge in [0.25, 0.3) is 0 Å². The summed E-state index contributed by atoms with van der Waals surface area (Å²) in [6, 6.07) is 5.53. The molecule has 0 amide bonds. The molecule has 1 fully saturated rings. The first kappa shape index (κ1) is 10.8. The monoisotopic (exact) mass is 220 g/mol. The maximum absolute atomic E-state index is 10.9. The Morgan fingerprint density at radius 1 is 1.50 bits per heavy atom. The molecule has 0 aromatic heterocycles. The van der Waals surface area contributed by atoms with Crippen molar-refractivity contribution in [3.63, 3.8) is 0 Å². The molecule has 0 aliphatic heterocycles. The lowest BCUT2D eigenvalue weighted by Gasteiger charge is -2.34. The van der Waals surface area contributed by atoms with E-state index in [1.54, 1.807) is 12.1 Å². The van der Waals surface area contributed by atoms with Crippen molar-refractivity contribution in [2.45, 2.75) is 25.8 Å². The van der Waals surface area contributed by atoms with Gasteiger partial charge in [-0.25, -0.2) is 4.79 Å². The number of carboxylic acids is 1. The molecule has 86 valence electrons. The zero-order chi connectivity index (χ0) is 11.7. The molecule has 4 nitrogen and oxygen atoms in total. The number of benzene rings is 1. The van der Waals surface area contributed by atoms with E-state index in [0.717, 1.165) is 24.4 Å². The molecular weight excluding hydrogens is 204 g/mol. The molecule has 1 aromatic rings. The summed E-state index contributed by atoms with van der Waals surface area (Å²) in [7, 11) is 0. The molecular formula is C12H16N2O2. The first-order valence-corrected chi connectivity index (χ1v) is 5.45. The molecule has 1 aliphatic rings. The van der Waals surface area contributed by atoms with Gasteiger partial charge in [0.15, 0.2) is 0 Å². The summed E-state index contributed by atoms with van der Waals surface area (Å²) >= 11 is 0. The van der Waals surface area contributed by atoms with Crippen molar-refractivity contribution < 1.29 is 9.90 Å². The summed E-state index contributed by atoms with van der Waals surface area (Å²) in [5, 5.41) is 12.2. The van der Waals surface area contributed by atoms with Crippen LogP contribution in [-0.4, -0.2) is 17.1 Å². The lowest BCUT2D eigenvalue weighted by molar-refractivity contribution is 0.0698. The van der Waals surface area contributed by atoms with Gasteiger partial charge in [-0.15, -0.1) is 0 Å². The van der Waals surface area contributed by atoms with Crippen LogP contribution in [-0.2, 0) is 0 Å². The fourth-order valence-electron chi connectivity index (χ4n) is 2.09. The fraction of sp³-hybridized carbons (Fsp3) is 0.417. The van der Waals surface area contributed by atoms with Crippen LogP contribution in [0, 0.1) is 5.92 Å². The van der Waals surface area contributed by atoms with Gasteiger partial charge in [0.1, 0.15) is 0 Å². The normalized spacial score (nSPS) is 23.6. The maximum Gasteiger partial charge on any atom is 0.337 e. The van der Waals surface area contributed by atoms with Crippen molar-refractivity contribution in [1.82, 2.24) is 0 Å². The number of aromatic carboxylic acids is 1. The summed E-state index contributed by atoms with van der Waals surface area (Å²) in [5.74, 6) is -0.214. The first-order valence-electron chi connectivity index (χ1n) is 5.45. The van der Waals surface area contributed by atoms with Crippen LogP contribution >= 0.6 is 0 Å². The minimum Gasteiger partial charge on any atom is -0.478 e. The van der Waals surface area contributed by atoms with Crippen LogP contribution < -0.4 is 11.1 Å². The number of nitrogens with one attached hydrogen (secondary N) is 1. The second-order valence-electron chi connectivity index (χ2n) is 4.53. The fourth-order valence-corrected chi connectivity index (χ4v) is 2.09. The molecule has 1 aromatic carbocycles. The van der Waals surface area contributed by atoms with Crippen LogP contribution in [0.25, 0.3) is 0 Å². The molecule has 4 heteroatoms. The van der Waals surface area contributed by atoms with E-state index in [1.807, 2.05) is 6.07 Å². The first-order chi connectivity index (χ1) is 7.56. The molecule has 1 aliphatic carbocycles. The standard InChI is InChI=1S/C12H16N2O2/c1-7-4-9(5-7)14-8-2-3-11(13)10(6-8)12(15)16/h2-3,6-7,9,14H,4-5,13H2,1H3,(H,15,16). The van der Waals surface area contributed by atoms with E-state index in [9.17, 15) is 4.79 Å². The van der Waals surface area contributed by atoms with Crippen LogP contribution in [0.2, 0.25) is 0 Å². The number of hydrogen-bond acceptors (Lipinski definition) is 3. The van der Waals surface area contributed by atoms with Crippen molar-refractivity contribution >= 4 is 17.3 Å². The zero-order valence-corrected chi connectivity index (χ0v) is 9.23. The van der Waals surface area contributed by atoms with Crippen LogP contribution in [0.1, 0.15) is 30.1 Å². The molecule has 0 spiro atoms. The minimum absolute atomic E-state index is 0.164. The van der Waals surface area contributed by atoms with E-state index in [0.29, 0.717) is 11.7 Å². The Labute approximate surface area is 94.5 Å². The Bertz CT molecular complexity index is 411. The number of anilines is 2. The van der Waals surface area contributed by atoms with Gasteiger partial charge in [0.2, 0.25) is 0 Å². The predicted molar refractivity (Wildman–Crippen MR) is 63.6 cm³/mol. The largest absolute Gasteiger partial charge is 0.478 e. The van der Waals surface area contributed by atoms with E-state index >= 15 is 0 Å². The Hall–Kier alpha value is -1.71. The van der Waals surface area contributed by atoms with Gasteiger partial charge in [-0.2, -0.15) is 0 Å². The predicted octanol–water partition coefficient (Wildman–Crippen LogP) is 2.18. The number of carbonyl (C=O) groups is 1. The molecule has 2 rings (SSSR count). The Morgan fingerprint density at radius 2 is 2.19 bits per heavy atom. The number of nitrogen functional groups attached to an aromatic ring is 1. The average Bonchev–Trinajstić information content (AvgIpc) is 2.18. The highest BCUT2D eigenvalue weighted by Gasteiger charge is 2.25. The van der Waals surface area contributed by atoms with Crippen LogP contribution in [0.15, 0.2) is 18.2 Å². The van der Waals surface area contributed by atoms with E-state index in [1.165, 1.54) is 0 Å². The second-order valence-corrected chi connectivity index (χ2v) is 4.53. The van der Waals surface area contributed by atoms with Crippen molar-refractivity contribution in [3.8, 4) is 0 Å². The Morgan fingerprint density at radius 3 is 2.75 bits per heavy atom. The average molecular weight is 220 g/mol. The topological polar surface area (TPSA) is 75.3 Å². The van der Waals surface area contributed by atoms with E-state index in [2.05, 4.69) is 12.2 Å². The third kappa shape index (κ3) is 2.10. The number of rotatable bonds is 3. The Kier molecular flexibility index (Phi) is 2.73. The van der Waals surface area contributed by atoms with Crippen molar-refractivity contribution in [3.05, 3.63) is 23.8 Å². The molecule has 0 radical (unpaired) electrons. The molecule has 0 heterocycles. The lowest BCUT2D eigenvalue weighted by Crippen LogP contribution is -2.33. The molecule has 0 bridgehead atoms. The molecule has 1 saturated carbocycles. The molecule has 16 heavy (non-hydrogen) atoms. The summed E-state index contributed by atoms with van der Waals surface area (Å²) in [6.07, 6.45) is 2.29. The highest BCUT2D eigenvalue weighted by atomic mass is 16.4. The van der Waals surface area contributed by atoms with Gasteiger partial charge in [-0.3, -0.25) is 0 Å². The number of nitrogens with two attached hydrogens (primary N) is 1. The van der Waals surface area contributed by atoms with E-state index in [4.69, 9.17) is 10.8 Å². The van der Waals surface area contributed by atoms with E-state index in [-0.39, 0.29) is 5.56 Å². The third-order valence-corrected chi connectivity index (χ3v) is 3.03. The SMILES string of the molecule is CC1CC(Nc2ccc(N)c(C(=O)O)c2)C1. The van der Waals surface area contributed by atoms with Gasteiger partial charge in [-0.1, -0.05) is 6.92 Å². The lowest BCUT2D eigenvalue weighted by atomic mass is 9.82. The molecule has 0 saturated heterocycles. The number of carboxylic acid groups (broad SMARTS) is 1. The molecule has 4 N–H and O–H groups in total. The van der Waals surface area contributed by atoms with Gasteiger partial charge in [0.05, 0.1) is 5.56 Å². The van der Waals surface area contributed by atoms with Gasteiger partial charge in [-0.05, 0) is 37.0 Å². The highest BCUT2D eigenvalue weighted by molar-refractivity contribution is 5.94. The van der Waals surface area contributed by atoms with Gasteiger partial charge < -0.3 is 16.2 Å². The quantitative estimate of drug-likeness (QED) is 0.682. The smallest absolute Gasteiger partial charge is 0.337 e. The minimum atomic E-state index is -0.983. The van der Waals surface area contributed by atoms with Crippen LogP contribution in [0.3, 0.4) is 0 Å². The summed E-state index contributed by atoms with van der Waals surface area (Å²) in [5.41, 5.74) is 6.89. The highest BCUT2D eigenvalue weighted by Crippen LogP contribution is 2.30. The van der Waals surface area contributed by atoms with Crippen LogP contribution in [0.5, 0.6) is 0 Å².